The lowest BCUT2D eigenvalue weighted by Crippen LogP contribution is -2.43. The number of hydrogen-bond donors (Lipinski definition) is 2. The number of carbonyl (C=O) groups is 1. The number of aliphatic hydroxyl groups is 2. The first-order valence-electron chi connectivity index (χ1n) is 6.89. The summed E-state index contributed by atoms with van der Waals surface area (Å²) in [5.74, 6) is -0.711. The highest BCUT2D eigenvalue weighted by Crippen LogP contribution is 2.26. The molecule has 2 unspecified atom stereocenters. The van der Waals surface area contributed by atoms with Crippen molar-refractivity contribution in [3.63, 3.8) is 0 Å². The SMILES string of the molecule is COC(=O)C1=CC(O)C(O)[C@H](OS(=O)(=O)c2ccc(C)cc2)C1. The lowest BCUT2D eigenvalue weighted by atomic mass is 9.92. The highest BCUT2D eigenvalue weighted by atomic mass is 32.2. The quantitative estimate of drug-likeness (QED) is 0.598. The Morgan fingerprint density at radius 2 is 1.83 bits per heavy atom. The summed E-state index contributed by atoms with van der Waals surface area (Å²) >= 11 is 0. The van der Waals surface area contributed by atoms with Crippen LogP contribution in [0, 0.1) is 6.92 Å². The van der Waals surface area contributed by atoms with E-state index in [2.05, 4.69) is 4.74 Å². The van der Waals surface area contributed by atoms with Crippen LogP contribution in [0.1, 0.15) is 12.0 Å². The fraction of sp³-hybridized carbons (Fsp3) is 0.400. The zero-order valence-electron chi connectivity index (χ0n) is 12.7. The summed E-state index contributed by atoms with van der Waals surface area (Å²) in [6.07, 6.45) is -3.22. The molecule has 0 aliphatic heterocycles. The van der Waals surface area contributed by atoms with E-state index in [4.69, 9.17) is 4.18 Å². The van der Waals surface area contributed by atoms with E-state index in [1.165, 1.54) is 19.2 Å². The fourth-order valence-electron chi connectivity index (χ4n) is 2.23. The van der Waals surface area contributed by atoms with E-state index in [1.807, 2.05) is 6.92 Å². The van der Waals surface area contributed by atoms with Crippen molar-refractivity contribution in [1.82, 2.24) is 0 Å². The van der Waals surface area contributed by atoms with Gasteiger partial charge in [-0.25, -0.2) is 4.79 Å². The molecule has 0 radical (unpaired) electrons. The molecule has 0 aromatic heterocycles. The van der Waals surface area contributed by atoms with E-state index >= 15 is 0 Å². The molecule has 1 aromatic carbocycles. The Hall–Kier alpha value is -1.74. The first kappa shape index (κ1) is 17.6. The number of rotatable bonds is 4. The third-order valence-electron chi connectivity index (χ3n) is 3.53. The average molecular weight is 342 g/mol. The van der Waals surface area contributed by atoms with Gasteiger partial charge >= 0.3 is 5.97 Å². The first-order valence-corrected chi connectivity index (χ1v) is 8.30. The second-order valence-corrected chi connectivity index (χ2v) is 6.84. The molecule has 126 valence electrons. The number of aryl methyl sites for hydroxylation is 1. The summed E-state index contributed by atoms with van der Waals surface area (Å²) in [7, 11) is -2.97. The highest BCUT2D eigenvalue weighted by molar-refractivity contribution is 7.86. The summed E-state index contributed by atoms with van der Waals surface area (Å²) in [5.41, 5.74) is 0.933. The lowest BCUT2D eigenvalue weighted by molar-refractivity contribution is -0.137. The van der Waals surface area contributed by atoms with E-state index in [9.17, 15) is 23.4 Å². The maximum absolute atomic E-state index is 12.3. The molecular formula is C15H18O7S. The van der Waals surface area contributed by atoms with Crippen LogP contribution >= 0.6 is 0 Å². The number of carbonyl (C=O) groups excluding carboxylic acids is 1. The van der Waals surface area contributed by atoms with Gasteiger partial charge in [0.25, 0.3) is 10.1 Å². The molecule has 3 atom stereocenters. The molecular weight excluding hydrogens is 324 g/mol. The standard InChI is InChI=1S/C15H18O7S/c1-9-3-5-11(6-4-9)23(19,20)22-13-8-10(15(18)21-2)7-12(16)14(13)17/h3-7,12-14,16-17H,8H2,1-2H3/t12?,13-,14?/m1/s1. The van der Waals surface area contributed by atoms with Crippen LogP contribution in [0.3, 0.4) is 0 Å². The van der Waals surface area contributed by atoms with E-state index in [-0.39, 0.29) is 16.9 Å². The molecule has 2 rings (SSSR count). The zero-order valence-corrected chi connectivity index (χ0v) is 13.5. The fourth-order valence-corrected chi connectivity index (χ4v) is 3.31. The number of benzene rings is 1. The molecule has 0 fully saturated rings. The maximum Gasteiger partial charge on any atom is 0.333 e. The third-order valence-corrected chi connectivity index (χ3v) is 4.88. The Morgan fingerprint density at radius 3 is 2.39 bits per heavy atom. The molecule has 7 nitrogen and oxygen atoms in total. The smallest absolute Gasteiger partial charge is 0.333 e. The van der Waals surface area contributed by atoms with Crippen molar-refractivity contribution in [2.45, 2.75) is 36.6 Å². The van der Waals surface area contributed by atoms with Gasteiger partial charge in [-0.3, -0.25) is 4.18 Å². The van der Waals surface area contributed by atoms with Crippen molar-refractivity contribution in [2.24, 2.45) is 0 Å². The molecule has 0 saturated carbocycles. The van der Waals surface area contributed by atoms with Crippen LogP contribution < -0.4 is 0 Å². The minimum absolute atomic E-state index is 0.0504. The van der Waals surface area contributed by atoms with Crippen molar-refractivity contribution in [2.75, 3.05) is 7.11 Å². The largest absolute Gasteiger partial charge is 0.466 e. The van der Waals surface area contributed by atoms with Gasteiger partial charge < -0.3 is 14.9 Å². The Bertz CT molecular complexity index is 706. The van der Waals surface area contributed by atoms with Gasteiger partial charge in [0.2, 0.25) is 0 Å². The predicted molar refractivity (Wildman–Crippen MR) is 80.0 cm³/mol. The van der Waals surface area contributed by atoms with Crippen molar-refractivity contribution in [3.05, 3.63) is 41.5 Å². The van der Waals surface area contributed by atoms with Crippen LogP contribution in [-0.2, 0) is 23.8 Å². The van der Waals surface area contributed by atoms with Gasteiger partial charge in [0, 0.05) is 12.0 Å². The molecule has 0 bridgehead atoms. The summed E-state index contributed by atoms with van der Waals surface area (Å²) in [6.45, 7) is 1.81. The van der Waals surface area contributed by atoms with Crippen LogP contribution in [0.2, 0.25) is 0 Å². The molecule has 1 aliphatic carbocycles. The number of ether oxygens (including phenoxy) is 1. The first-order chi connectivity index (χ1) is 10.7. The van der Waals surface area contributed by atoms with Crippen LogP contribution in [0.4, 0.5) is 0 Å². The van der Waals surface area contributed by atoms with Crippen LogP contribution in [0.15, 0.2) is 40.8 Å². The second-order valence-electron chi connectivity index (χ2n) is 5.27. The summed E-state index contributed by atoms with van der Waals surface area (Å²) in [4.78, 5) is 11.5. The van der Waals surface area contributed by atoms with Gasteiger partial charge in [0.15, 0.2) is 0 Å². The molecule has 0 amide bonds. The molecule has 8 heteroatoms. The van der Waals surface area contributed by atoms with Crippen LogP contribution in [-0.4, -0.2) is 50.0 Å². The van der Waals surface area contributed by atoms with Crippen LogP contribution in [0.25, 0.3) is 0 Å². The molecule has 1 aliphatic rings. The predicted octanol–water partition coefficient (Wildman–Crippen LogP) is 0.294. The monoisotopic (exact) mass is 342 g/mol. The van der Waals surface area contributed by atoms with E-state index in [1.54, 1.807) is 12.1 Å². The summed E-state index contributed by atoms with van der Waals surface area (Å²) < 4.78 is 34.1. The summed E-state index contributed by atoms with van der Waals surface area (Å²) in [5, 5.41) is 19.7. The Kier molecular flexibility index (Phi) is 5.20. The Labute approximate surface area is 134 Å². The van der Waals surface area contributed by atoms with E-state index < -0.39 is 34.4 Å². The molecule has 1 aromatic rings. The Balaban J connectivity index is 2.23. The van der Waals surface area contributed by atoms with Crippen molar-refractivity contribution in [3.8, 4) is 0 Å². The number of hydrogen-bond acceptors (Lipinski definition) is 7. The van der Waals surface area contributed by atoms with Crippen LogP contribution in [0.5, 0.6) is 0 Å². The van der Waals surface area contributed by atoms with E-state index in [0.29, 0.717) is 0 Å². The molecule has 0 saturated heterocycles. The second kappa shape index (κ2) is 6.79. The molecule has 2 N–H and O–H groups in total. The minimum Gasteiger partial charge on any atom is -0.466 e. The van der Waals surface area contributed by atoms with Gasteiger partial charge in [0.05, 0.1) is 12.0 Å². The number of esters is 1. The molecule has 23 heavy (non-hydrogen) atoms. The van der Waals surface area contributed by atoms with Crippen molar-refractivity contribution in [1.29, 1.82) is 0 Å². The van der Waals surface area contributed by atoms with Gasteiger partial charge in [-0.15, -0.1) is 0 Å². The number of aliphatic hydroxyl groups excluding tert-OH is 2. The highest BCUT2D eigenvalue weighted by Gasteiger charge is 2.37. The average Bonchev–Trinajstić information content (AvgIpc) is 2.51. The molecule has 0 spiro atoms. The number of methoxy groups -OCH3 is 1. The topological polar surface area (TPSA) is 110 Å². The normalized spacial score (nSPS) is 24.9. The van der Waals surface area contributed by atoms with Crippen molar-refractivity contribution < 1.29 is 32.3 Å². The van der Waals surface area contributed by atoms with E-state index in [0.717, 1.165) is 11.6 Å². The zero-order chi connectivity index (χ0) is 17.2. The van der Waals surface area contributed by atoms with Crippen molar-refractivity contribution >= 4 is 16.1 Å². The van der Waals surface area contributed by atoms with Gasteiger partial charge in [-0.2, -0.15) is 8.42 Å². The van der Waals surface area contributed by atoms with Gasteiger partial charge in [-0.05, 0) is 25.1 Å². The maximum atomic E-state index is 12.3. The summed E-state index contributed by atoms with van der Waals surface area (Å²) in [6, 6.07) is 5.99. The van der Waals surface area contributed by atoms with Gasteiger partial charge in [-0.1, -0.05) is 17.7 Å². The Morgan fingerprint density at radius 1 is 1.22 bits per heavy atom. The third kappa shape index (κ3) is 3.97. The van der Waals surface area contributed by atoms with Gasteiger partial charge in [0.1, 0.15) is 18.3 Å². The molecule has 0 heterocycles. The minimum atomic E-state index is -4.14. The lowest BCUT2D eigenvalue weighted by Gasteiger charge is -2.29.